The highest BCUT2D eigenvalue weighted by molar-refractivity contribution is 14.1. The first-order chi connectivity index (χ1) is 8.99. The Labute approximate surface area is 124 Å². The minimum absolute atomic E-state index is 0.295. The van der Waals surface area contributed by atoms with Gasteiger partial charge in [-0.25, -0.2) is 0 Å². The summed E-state index contributed by atoms with van der Waals surface area (Å²) in [5, 5.41) is 16.5. The van der Waals surface area contributed by atoms with E-state index in [1.54, 1.807) is 6.92 Å². The normalized spacial score (nSPS) is 28.1. The van der Waals surface area contributed by atoms with E-state index in [2.05, 4.69) is 33.2 Å². The predicted octanol–water partition coefficient (Wildman–Crippen LogP) is 0.370. The van der Waals surface area contributed by atoms with E-state index in [9.17, 15) is 14.7 Å². The molecule has 0 amide bonds. The second-order valence-electron chi connectivity index (χ2n) is 4.75. The molecule has 0 saturated carbocycles. The van der Waals surface area contributed by atoms with E-state index in [0.29, 0.717) is 18.5 Å². The molecule has 1 heterocycles. The molecule has 102 valence electrons. The number of Topliss-reactive ketones (excluding diaryl/α,β-unsaturated/α-hetero) is 1. The van der Waals surface area contributed by atoms with Gasteiger partial charge in [0, 0.05) is 10.2 Å². The molecule has 1 aromatic carbocycles. The Kier molecular flexibility index (Phi) is 4.34. The molecule has 1 aliphatic heterocycles. The van der Waals surface area contributed by atoms with Crippen molar-refractivity contribution in [3.63, 3.8) is 0 Å². The lowest BCUT2D eigenvalue weighted by molar-refractivity contribution is -0.132. The van der Waals surface area contributed by atoms with Crippen molar-refractivity contribution in [3.05, 3.63) is 33.4 Å². The van der Waals surface area contributed by atoms with Gasteiger partial charge in [0.1, 0.15) is 0 Å². The summed E-state index contributed by atoms with van der Waals surface area (Å²) in [6, 6.07) is 6.70. The van der Waals surface area contributed by atoms with Crippen LogP contribution in [0, 0.1) is 3.57 Å². The van der Waals surface area contributed by atoms with Gasteiger partial charge >= 0.3 is 0 Å². The highest BCUT2D eigenvalue weighted by Crippen LogP contribution is 2.31. The monoisotopic (exact) mass is 374 g/mol. The fraction of sp³-hybridized carbons (Fsp3) is 0.385. The maximum absolute atomic E-state index is 11.6. The topological polar surface area (TPSA) is 78.4 Å². The van der Waals surface area contributed by atoms with Crippen molar-refractivity contribution in [2.24, 2.45) is 0 Å². The fourth-order valence-electron chi connectivity index (χ4n) is 2.37. The van der Waals surface area contributed by atoms with E-state index in [-0.39, 0.29) is 0 Å². The van der Waals surface area contributed by atoms with Gasteiger partial charge in [-0.15, -0.1) is 0 Å². The van der Waals surface area contributed by atoms with Crippen molar-refractivity contribution in [1.29, 1.82) is 0 Å². The van der Waals surface area contributed by atoms with Crippen LogP contribution in [0.25, 0.3) is 0 Å². The molecule has 0 radical (unpaired) electrons. The van der Waals surface area contributed by atoms with Crippen molar-refractivity contribution in [3.8, 4) is 0 Å². The standard InChI is InChI=1S/C13H15IN2O3/c1-13(11(10(18)6-17)15-7-16-13)12(19)8-2-4-9(14)5-3-8/h2-6,11-12,15-16,19H,7H2,1H3. The molecule has 1 saturated heterocycles. The molecule has 0 aliphatic carbocycles. The largest absolute Gasteiger partial charge is 0.386 e. The van der Waals surface area contributed by atoms with Crippen molar-refractivity contribution in [1.82, 2.24) is 10.6 Å². The second kappa shape index (κ2) is 5.66. The maximum Gasteiger partial charge on any atom is 0.214 e. The van der Waals surface area contributed by atoms with E-state index in [1.807, 2.05) is 24.3 Å². The number of rotatable bonds is 4. The summed E-state index contributed by atoms with van der Waals surface area (Å²) in [5.41, 5.74) is -0.187. The summed E-state index contributed by atoms with van der Waals surface area (Å²) in [7, 11) is 0. The number of carbonyl (C=O) groups is 2. The van der Waals surface area contributed by atoms with Crippen LogP contribution in [-0.4, -0.2) is 35.4 Å². The molecule has 6 heteroatoms. The predicted molar refractivity (Wildman–Crippen MR) is 78.5 cm³/mol. The number of ketones is 1. The van der Waals surface area contributed by atoms with Crippen molar-refractivity contribution >= 4 is 34.7 Å². The van der Waals surface area contributed by atoms with Gasteiger partial charge in [0.05, 0.1) is 17.7 Å². The van der Waals surface area contributed by atoms with Gasteiger partial charge in [0.15, 0.2) is 6.29 Å². The Balaban J connectivity index is 2.30. The summed E-state index contributed by atoms with van der Waals surface area (Å²) in [6.07, 6.45) is -0.586. The number of halogens is 1. The third-order valence-corrected chi connectivity index (χ3v) is 4.25. The zero-order valence-electron chi connectivity index (χ0n) is 10.4. The molecule has 19 heavy (non-hydrogen) atoms. The molecule has 0 bridgehead atoms. The van der Waals surface area contributed by atoms with Gasteiger partial charge in [-0.2, -0.15) is 0 Å². The Morgan fingerprint density at radius 2 is 2.16 bits per heavy atom. The van der Waals surface area contributed by atoms with Crippen LogP contribution in [0.1, 0.15) is 18.6 Å². The summed E-state index contributed by atoms with van der Waals surface area (Å²) in [5.74, 6) is -0.558. The molecule has 1 fully saturated rings. The Morgan fingerprint density at radius 1 is 1.53 bits per heavy atom. The van der Waals surface area contributed by atoms with Crippen LogP contribution >= 0.6 is 22.6 Å². The molecule has 3 N–H and O–H groups in total. The maximum atomic E-state index is 11.6. The minimum Gasteiger partial charge on any atom is -0.386 e. The molecular weight excluding hydrogens is 359 g/mol. The molecular formula is C13H15IN2O3. The number of hydrogen-bond acceptors (Lipinski definition) is 5. The van der Waals surface area contributed by atoms with Crippen molar-refractivity contribution < 1.29 is 14.7 Å². The first kappa shape index (κ1) is 14.6. The summed E-state index contributed by atoms with van der Waals surface area (Å²) >= 11 is 2.18. The van der Waals surface area contributed by atoms with Gasteiger partial charge in [-0.05, 0) is 47.2 Å². The average molecular weight is 374 g/mol. The van der Waals surface area contributed by atoms with Crippen LogP contribution < -0.4 is 10.6 Å². The van der Waals surface area contributed by atoms with Gasteiger partial charge in [0.25, 0.3) is 0 Å². The fourth-order valence-corrected chi connectivity index (χ4v) is 2.73. The van der Waals surface area contributed by atoms with Gasteiger partial charge < -0.3 is 5.11 Å². The second-order valence-corrected chi connectivity index (χ2v) is 5.99. The van der Waals surface area contributed by atoms with Crippen LogP contribution in [0.3, 0.4) is 0 Å². The quantitative estimate of drug-likeness (QED) is 0.403. The third kappa shape index (κ3) is 2.71. The molecule has 0 aromatic heterocycles. The van der Waals surface area contributed by atoms with E-state index in [1.165, 1.54) is 0 Å². The Morgan fingerprint density at radius 3 is 2.74 bits per heavy atom. The molecule has 1 aliphatic rings. The zero-order chi connectivity index (χ0) is 14.0. The number of carbonyl (C=O) groups excluding carboxylic acids is 2. The number of aliphatic hydroxyl groups excluding tert-OH is 1. The van der Waals surface area contributed by atoms with Gasteiger partial charge in [-0.3, -0.25) is 20.2 Å². The van der Waals surface area contributed by atoms with E-state index < -0.39 is 23.5 Å². The number of aldehydes is 1. The zero-order valence-corrected chi connectivity index (χ0v) is 12.5. The van der Waals surface area contributed by atoms with E-state index in [0.717, 1.165) is 3.57 Å². The first-order valence-electron chi connectivity index (χ1n) is 5.90. The van der Waals surface area contributed by atoms with E-state index in [4.69, 9.17) is 0 Å². The Hall–Kier alpha value is -0.830. The lowest BCUT2D eigenvalue weighted by atomic mass is 9.82. The van der Waals surface area contributed by atoms with Crippen LogP contribution in [0.2, 0.25) is 0 Å². The molecule has 1 aromatic rings. The number of benzene rings is 1. The number of aliphatic hydroxyl groups is 1. The van der Waals surface area contributed by atoms with Crippen molar-refractivity contribution in [2.75, 3.05) is 6.67 Å². The molecule has 3 unspecified atom stereocenters. The summed E-state index contributed by atoms with van der Waals surface area (Å²) in [4.78, 5) is 22.3. The number of nitrogens with one attached hydrogen (secondary N) is 2. The lowest BCUT2D eigenvalue weighted by Gasteiger charge is -2.34. The number of hydrogen-bond donors (Lipinski definition) is 3. The third-order valence-electron chi connectivity index (χ3n) is 3.53. The van der Waals surface area contributed by atoms with E-state index >= 15 is 0 Å². The summed E-state index contributed by atoms with van der Waals surface area (Å²) in [6.45, 7) is 2.11. The highest BCUT2D eigenvalue weighted by Gasteiger charge is 2.48. The highest BCUT2D eigenvalue weighted by atomic mass is 127. The van der Waals surface area contributed by atoms with Gasteiger partial charge in [-0.1, -0.05) is 12.1 Å². The van der Waals surface area contributed by atoms with Crippen LogP contribution in [0.15, 0.2) is 24.3 Å². The minimum atomic E-state index is -0.898. The smallest absolute Gasteiger partial charge is 0.214 e. The molecule has 3 atom stereocenters. The molecule has 0 spiro atoms. The van der Waals surface area contributed by atoms with Gasteiger partial charge in [0.2, 0.25) is 5.78 Å². The van der Waals surface area contributed by atoms with Crippen LogP contribution in [0.4, 0.5) is 0 Å². The summed E-state index contributed by atoms with van der Waals surface area (Å²) < 4.78 is 1.07. The van der Waals surface area contributed by atoms with Crippen molar-refractivity contribution in [2.45, 2.75) is 24.6 Å². The first-order valence-corrected chi connectivity index (χ1v) is 6.98. The lowest BCUT2D eigenvalue weighted by Crippen LogP contribution is -2.55. The van der Waals surface area contributed by atoms with Crippen LogP contribution in [-0.2, 0) is 9.59 Å². The molecule has 2 rings (SSSR count). The van der Waals surface area contributed by atoms with Crippen LogP contribution in [0.5, 0.6) is 0 Å². The Bertz CT molecular complexity index is 491. The average Bonchev–Trinajstić information content (AvgIpc) is 2.81. The SMILES string of the molecule is CC1(C(O)c2ccc(I)cc2)NCNC1C(=O)C=O. The molecule has 5 nitrogen and oxygen atoms in total.